The predicted octanol–water partition coefficient (Wildman–Crippen LogP) is 22.5. The summed E-state index contributed by atoms with van der Waals surface area (Å²) in [6.07, 6.45) is 2.36. The molecule has 0 atom stereocenters. The number of fused-ring (bicyclic) bond motifs is 10. The van der Waals surface area contributed by atoms with Gasteiger partial charge in [-0.05, 0) is 219 Å². The van der Waals surface area contributed by atoms with Crippen molar-refractivity contribution in [1.82, 2.24) is 0 Å². The van der Waals surface area contributed by atoms with Crippen molar-refractivity contribution in [3.05, 3.63) is 239 Å². The molecule has 0 radical (unpaired) electrons. The van der Waals surface area contributed by atoms with Crippen molar-refractivity contribution in [2.45, 2.75) is 175 Å². The fourth-order valence-corrected chi connectivity index (χ4v) is 15.5. The molecule has 10 aromatic rings. The van der Waals surface area contributed by atoms with Crippen LogP contribution in [0, 0.1) is 0 Å². The van der Waals surface area contributed by atoms with E-state index in [9.17, 15) is 0 Å². The van der Waals surface area contributed by atoms with Crippen molar-refractivity contribution in [2.24, 2.45) is 0 Å². The molecule has 2 aliphatic heterocycles. The van der Waals surface area contributed by atoms with E-state index in [1.807, 2.05) is 0 Å². The first-order valence-corrected chi connectivity index (χ1v) is 32.9. The van der Waals surface area contributed by atoms with Gasteiger partial charge in [-0.2, -0.15) is 0 Å². The zero-order chi connectivity index (χ0) is 62.9. The molecule has 0 unspecified atom stereocenters. The molecule has 2 aliphatic carbocycles. The highest BCUT2D eigenvalue weighted by Crippen LogP contribution is 2.59. The monoisotopic (exact) mass is 1160 g/mol. The average molecular weight is 1160 g/mol. The first-order chi connectivity index (χ1) is 41.9. The second-order valence-corrected chi connectivity index (χ2v) is 32.6. The summed E-state index contributed by atoms with van der Waals surface area (Å²) in [5, 5.41) is 2.47. The minimum Gasteiger partial charge on any atom is -0.376 e. The van der Waals surface area contributed by atoms with Crippen LogP contribution >= 0.6 is 0 Å². The second-order valence-electron chi connectivity index (χ2n) is 32.6. The molecule has 448 valence electrons. The third kappa shape index (κ3) is 9.51. The Morgan fingerprint density at radius 1 is 0.382 bits per heavy atom. The minimum absolute atomic E-state index is 0.00312. The maximum Gasteiger partial charge on any atom is 0.333 e. The van der Waals surface area contributed by atoms with Crippen LogP contribution < -0.4 is 25.5 Å². The summed E-state index contributed by atoms with van der Waals surface area (Å²) in [5.41, 5.74) is 30.6. The average Bonchev–Trinajstić information content (AvgIpc) is 1.60. The van der Waals surface area contributed by atoms with E-state index >= 15 is 0 Å². The molecule has 4 aliphatic rings. The van der Waals surface area contributed by atoms with Gasteiger partial charge in [-0.3, -0.25) is 0 Å². The fraction of sp³-hybridized carbons (Fsp3) is 0.318. The van der Waals surface area contributed by atoms with Crippen molar-refractivity contribution in [1.29, 1.82) is 0 Å². The highest BCUT2D eigenvalue weighted by atomic mass is 15.2. The molecule has 14 rings (SSSR count). The molecule has 10 aromatic carbocycles. The van der Waals surface area contributed by atoms with Crippen LogP contribution in [0.15, 0.2) is 194 Å². The number of rotatable bonds is 6. The topological polar surface area (TPSA) is 9.72 Å². The van der Waals surface area contributed by atoms with Crippen molar-refractivity contribution in [3.63, 3.8) is 0 Å². The van der Waals surface area contributed by atoms with E-state index in [1.165, 1.54) is 135 Å². The van der Waals surface area contributed by atoms with Crippen molar-refractivity contribution in [3.8, 4) is 33.4 Å². The molecule has 0 bridgehead atoms. The first-order valence-electron chi connectivity index (χ1n) is 32.9. The summed E-state index contributed by atoms with van der Waals surface area (Å²) in [4.78, 5) is 7.95. The molecule has 89 heavy (non-hydrogen) atoms. The first kappa shape index (κ1) is 58.6. The lowest BCUT2D eigenvalue weighted by molar-refractivity contribution is 0.331. The van der Waals surface area contributed by atoms with Crippen LogP contribution in [0.5, 0.6) is 0 Å². The Labute approximate surface area is 533 Å². The number of anilines is 8. The molecule has 0 saturated heterocycles. The third-order valence-electron chi connectivity index (χ3n) is 21.1. The second kappa shape index (κ2) is 20.0. The summed E-state index contributed by atoms with van der Waals surface area (Å²) in [6.45, 7) is 42.5. The quantitative estimate of drug-likeness (QED) is 0.154. The van der Waals surface area contributed by atoms with Crippen LogP contribution in [-0.2, 0) is 37.9 Å². The molecule has 4 heteroatoms. The smallest absolute Gasteiger partial charge is 0.333 e. The number of hydrogen-bond donors (Lipinski definition) is 0. The van der Waals surface area contributed by atoms with Crippen molar-refractivity contribution >= 4 is 74.0 Å². The Morgan fingerprint density at radius 2 is 0.876 bits per heavy atom. The molecule has 0 saturated carbocycles. The molecule has 0 aromatic heterocycles. The maximum atomic E-state index is 2.76. The van der Waals surface area contributed by atoms with E-state index in [0.717, 1.165) is 22.7 Å². The highest BCUT2D eigenvalue weighted by Gasteiger charge is 2.49. The van der Waals surface area contributed by atoms with Gasteiger partial charge in [0.2, 0.25) is 0 Å². The van der Waals surface area contributed by atoms with Gasteiger partial charge in [0.15, 0.2) is 0 Å². The lowest BCUT2D eigenvalue weighted by atomic mass is 9.43. The van der Waals surface area contributed by atoms with E-state index < -0.39 is 0 Å². The van der Waals surface area contributed by atoms with E-state index in [0.29, 0.717) is 0 Å². The van der Waals surface area contributed by atoms with Gasteiger partial charge in [-0.1, -0.05) is 228 Å². The van der Waals surface area contributed by atoms with Gasteiger partial charge in [0.1, 0.15) is 0 Å². The minimum atomic E-state index is -0.254. The highest BCUT2D eigenvalue weighted by molar-refractivity contribution is 6.94. The van der Waals surface area contributed by atoms with E-state index in [1.54, 1.807) is 0 Å². The number of hydrogen-bond acceptors (Lipinski definition) is 3. The van der Waals surface area contributed by atoms with E-state index in [2.05, 4.69) is 333 Å². The van der Waals surface area contributed by atoms with Crippen LogP contribution in [0.4, 0.5) is 45.5 Å². The van der Waals surface area contributed by atoms with Crippen LogP contribution in [0.1, 0.15) is 182 Å². The number of nitrogens with zero attached hydrogens (tertiary/aromatic N) is 3. The van der Waals surface area contributed by atoms with Crippen LogP contribution in [0.25, 0.3) is 44.2 Å². The molecule has 0 fully saturated rings. The van der Waals surface area contributed by atoms with Gasteiger partial charge >= 0.3 is 6.85 Å². The van der Waals surface area contributed by atoms with Gasteiger partial charge in [-0.15, -0.1) is 0 Å². The normalized spacial score (nSPS) is 16.1. The predicted molar refractivity (Wildman–Crippen MR) is 385 cm³/mol. The Bertz CT molecular complexity index is 4420. The molecular formula is C85H90BN3. The Kier molecular flexibility index (Phi) is 13.1. The standard InChI is InChI=1S/C85H90BN3/c1-79(2,3)55-28-35-59(36-29-55)87(60-37-30-56(31-38-60)80(4,5)6)62-41-43-75-73(48-62)86-77-68(46-54-26-22-23-27-63(54)78(77)88(75)74-42-34-58(82(10,11)12)47-64(74)53-24-20-19-21-25-53)67-49-65-66-50-71-72(84(15,16)45-44-83(71,13)14)51-69(66)85(17,18)70(65)52-76(67)89(86)61-39-32-57(33-40-61)81(7,8)9/h19-43,46-52H,44-45H2,1-18H3. The van der Waals surface area contributed by atoms with E-state index in [4.69, 9.17) is 0 Å². The molecular weight excluding hydrogens is 1070 g/mol. The van der Waals surface area contributed by atoms with Crippen molar-refractivity contribution in [2.75, 3.05) is 14.6 Å². The number of benzene rings is 10. The zero-order valence-corrected chi connectivity index (χ0v) is 56.3. The zero-order valence-electron chi connectivity index (χ0n) is 56.3. The largest absolute Gasteiger partial charge is 0.376 e. The van der Waals surface area contributed by atoms with Crippen LogP contribution in [-0.4, -0.2) is 6.85 Å². The molecule has 2 heterocycles. The Hall–Kier alpha value is -8.08. The Balaban J connectivity index is 1.12. The van der Waals surface area contributed by atoms with Crippen molar-refractivity contribution < 1.29 is 0 Å². The third-order valence-corrected chi connectivity index (χ3v) is 21.1. The van der Waals surface area contributed by atoms with Gasteiger partial charge in [0.25, 0.3) is 0 Å². The molecule has 3 nitrogen and oxygen atoms in total. The lowest BCUT2D eigenvalue weighted by Gasteiger charge is -2.47. The summed E-state index contributed by atoms with van der Waals surface area (Å²) in [6, 6.07) is 76.6. The van der Waals surface area contributed by atoms with Crippen LogP contribution in [0.2, 0.25) is 0 Å². The van der Waals surface area contributed by atoms with Gasteiger partial charge in [0, 0.05) is 56.1 Å². The molecule has 0 spiro atoms. The van der Waals surface area contributed by atoms with Crippen LogP contribution in [0.3, 0.4) is 0 Å². The summed E-state index contributed by atoms with van der Waals surface area (Å²) in [5.74, 6) is 0. The van der Waals surface area contributed by atoms with E-state index in [-0.39, 0.29) is 44.8 Å². The summed E-state index contributed by atoms with van der Waals surface area (Å²) in [7, 11) is 0. The fourth-order valence-electron chi connectivity index (χ4n) is 15.5. The SMILES string of the molecule is CC(C)(C)c1ccc(N2B3c4cc(N(c5ccc(C(C)(C)C)cc5)c5ccc(C(C)(C)C)cc5)ccc4N(c4ccc(C(C)(C)C)cc4-c4ccccc4)c4c3c(cc3ccccc43)-c3cc4c(cc32)C(C)(C)c2cc3c(cc2-4)C(C)(C)CCC3(C)C)cc1. The van der Waals surface area contributed by atoms with Gasteiger partial charge < -0.3 is 14.6 Å². The molecule has 0 N–H and O–H groups in total. The Morgan fingerprint density at radius 3 is 1.46 bits per heavy atom. The maximum absolute atomic E-state index is 2.76. The lowest BCUT2D eigenvalue weighted by Crippen LogP contribution is -2.61. The van der Waals surface area contributed by atoms with Gasteiger partial charge in [0.05, 0.1) is 11.4 Å². The summed E-state index contributed by atoms with van der Waals surface area (Å²) >= 11 is 0. The summed E-state index contributed by atoms with van der Waals surface area (Å²) < 4.78 is 0. The molecule has 0 amide bonds. The van der Waals surface area contributed by atoms with Gasteiger partial charge in [-0.25, -0.2) is 0 Å².